The van der Waals surface area contributed by atoms with Gasteiger partial charge in [0.05, 0.1) is 6.20 Å². The summed E-state index contributed by atoms with van der Waals surface area (Å²) in [5.41, 5.74) is 0.888. The number of anilines is 1. The Morgan fingerprint density at radius 2 is 2.35 bits per heavy atom. The number of likely N-dealkylation sites (tertiary alicyclic amines) is 1. The smallest absolute Gasteiger partial charge is 0.157 e. The SMILES string of the molecule is CN1CCCC(Nc2ccn3nccc3n2)C1. The number of nitrogens with zero attached hydrogens (tertiary/aromatic N) is 4. The van der Waals surface area contributed by atoms with Gasteiger partial charge in [-0.3, -0.25) is 0 Å². The Hall–Kier alpha value is -1.62. The molecule has 5 heteroatoms. The van der Waals surface area contributed by atoms with Crippen LogP contribution < -0.4 is 5.32 Å². The summed E-state index contributed by atoms with van der Waals surface area (Å²) in [6.07, 6.45) is 6.18. The van der Waals surface area contributed by atoms with Gasteiger partial charge in [0.2, 0.25) is 0 Å². The van der Waals surface area contributed by atoms with E-state index < -0.39 is 0 Å². The highest BCUT2D eigenvalue weighted by molar-refractivity contribution is 5.45. The normalized spacial score (nSPS) is 21.8. The van der Waals surface area contributed by atoms with Gasteiger partial charge in [0.25, 0.3) is 0 Å². The minimum absolute atomic E-state index is 0.506. The topological polar surface area (TPSA) is 45.5 Å². The maximum atomic E-state index is 4.53. The second-order valence-electron chi connectivity index (χ2n) is 4.69. The van der Waals surface area contributed by atoms with Crippen molar-refractivity contribution in [1.29, 1.82) is 0 Å². The van der Waals surface area contributed by atoms with Crippen molar-refractivity contribution in [3.63, 3.8) is 0 Å². The largest absolute Gasteiger partial charge is 0.366 e. The second kappa shape index (κ2) is 4.33. The van der Waals surface area contributed by atoms with Crippen LogP contribution in [0.5, 0.6) is 0 Å². The molecule has 0 aliphatic carbocycles. The first-order valence-electron chi connectivity index (χ1n) is 6.07. The van der Waals surface area contributed by atoms with Crippen molar-refractivity contribution >= 4 is 11.5 Å². The summed E-state index contributed by atoms with van der Waals surface area (Å²) in [5, 5.41) is 7.64. The van der Waals surface area contributed by atoms with E-state index in [0.29, 0.717) is 6.04 Å². The third kappa shape index (κ3) is 2.24. The van der Waals surface area contributed by atoms with E-state index in [1.807, 2.05) is 18.3 Å². The average molecular weight is 231 g/mol. The van der Waals surface area contributed by atoms with Crippen LogP contribution in [0.1, 0.15) is 12.8 Å². The molecule has 1 atom stereocenters. The lowest BCUT2D eigenvalue weighted by Gasteiger charge is -2.30. The van der Waals surface area contributed by atoms with Gasteiger partial charge in [-0.2, -0.15) is 5.10 Å². The Balaban J connectivity index is 1.75. The van der Waals surface area contributed by atoms with Gasteiger partial charge in [0, 0.05) is 24.8 Å². The van der Waals surface area contributed by atoms with Crippen LogP contribution >= 0.6 is 0 Å². The maximum absolute atomic E-state index is 4.53. The van der Waals surface area contributed by atoms with E-state index in [0.717, 1.165) is 18.0 Å². The molecular weight excluding hydrogens is 214 g/mol. The molecule has 0 amide bonds. The standard InChI is InChI=1S/C12H17N5/c1-16-7-2-3-10(9-16)14-11-5-8-17-12(15-11)4-6-13-17/h4-6,8,10H,2-3,7,9H2,1H3,(H,14,15). The van der Waals surface area contributed by atoms with Crippen LogP contribution in [0.3, 0.4) is 0 Å². The summed E-state index contributed by atoms with van der Waals surface area (Å²) in [7, 11) is 2.17. The Kier molecular flexibility index (Phi) is 2.68. The lowest BCUT2D eigenvalue weighted by Crippen LogP contribution is -2.39. The quantitative estimate of drug-likeness (QED) is 0.844. The van der Waals surface area contributed by atoms with Gasteiger partial charge >= 0.3 is 0 Å². The summed E-state index contributed by atoms with van der Waals surface area (Å²) in [6, 6.07) is 4.40. The molecular formula is C12H17N5. The van der Waals surface area contributed by atoms with Crippen LogP contribution in [-0.2, 0) is 0 Å². The fraction of sp³-hybridized carbons (Fsp3) is 0.500. The van der Waals surface area contributed by atoms with E-state index in [-0.39, 0.29) is 0 Å². The second-order valence-corrected chi connectivity index (χ2v) is 4.69. The van der Waals surface area contributed by atoms with E-state index in [1.54, 1.807) is 10.7 Å². The third-order valence-electron chi connectivity index (χ3n) is 3.23. The fourth-order valence-electron chi connectivity index (χ4n) is 2.39. The van der Waals surface area contributed by atoms with Crippen LogP contribution in [0, 0.1) is 0 Å². The first kappa shape index (κ1) is 10.5. The molecule has 1 saturated heterocycles. The zero-order valence-corrected chi connectivity index (χ0v) is 10.0. The molecule has 3 rings (SSSR count). The van der Waals surface area contributed by atoms with Crippen LogP contribution in [0.25, 0.3) is 5.65 Å². The third-order valence-corrected chi connectivity index (χ3v) is 3.23. The molecule has 1 aliphatic rings. The van der Waals surface area contributed by atoms with Crippen LogP contribution in [-0.4, -0.2) is 45.7 Å². The maximum Gasteiger partial charge on any atom is 0.157 e. The van der Waals surface area contributed by atoms with E-state index in [9.17, 15) is 0 Å². The summed E-state index contributed by atoms with van der Waals surface area (Å²) in [6.45, 7) is 2.29. The molecule has 0 spiro atoms. The van der Waals surface area contributed by atoms with Crippen molar-refractivity contribution in [1.82, 2.24) is 19.5 Å². The zero-order chi connectivity index (χ0) is 11.7. The molecule has 3 heterocycles. The van der Waals surface area contributed by atoms with Gasteiger partial charge in [0.15, 0.2) is 5.65 Å². The molecule has 5 nitrogen and oxygen atoms in total. The Morgan fingerprint density at radius 3 is 3.24 bits per heavy atom. The summed E-state index contributed by atoms with van der Waals surface area (Å²) in [4.78, 5) is 6.88. The molecule has 0 bridgehead atoms. The first-order chi connectivity index (χ1) is 8.31. The number of hydrogen-bond acceptors (Lipinski definition) is 4. The average Bonchev–Trinajstić information content (AvgIpc) is 2.76. The highest BCUT2D eigenvalue weighted by atomic mass is 15.2. The molecule has 2 aromatic rings. The highest BCUT2D eigenvalue weighted by Crippen LogP contribution is 2.14. The van der Waals surface area contributed by atoms with Crippen LogP contribution in [0.15, 0.2) is 24.5 Å². The van der Waals surface area contributed by atoms with Crippen molar-refractivity contribution in [2.75, 3.05) is 25.5 Å². The fourth-order valence-corrected chi connectivity index (χ4v) is 2.39. The minimum atomic E-state index is 0.506. The van der Waals surface area contributed by atoms with Crippen molar-refractivity contribution in [2.24, 2.45) is 0 Å². The van der Waals surface area contributed by atoms with Crippen molar-refractivity contribution in [3.8, 4) is 0 Å². The zero-order valence-electron chi connectivity index (χ0n) is 10.0. The molecule has 2 aromatic heterocycles. The van der Waals surface area contributed by atoms with Crippen molar-refractivity contribution in [2.45, 2.75) is 18.9 Å². The molecule has 0 saturated carbocycles. The molecule has 1 fully saturated rings. The molecule has 1 unspecified atom stereocenters. The summed E-state index contributed by atoms with van der Waals surface area (Å²) < 4.78 is 1.78. The molecule has 90 valence electrons. The van der Waals surface area contributed by atoms with E-state index in [2.05, 4.69) is 27.3 Å². The van der Waals surface area contributed by atoms with Crippen molar-refractivity contribution in [3.05, 3.63) is 24.5 Å². The minimum Gasteiger partial charge on any atom is -0.366 e. The molecule has 17 heavy (non-hydrogen) atoms. The lowest BCUT2D eigenvalue weighted by molar-refractivity contribution is 0.261. The van der Waals surface area contributed by atoms with Gasteiger partial charge in [-0.05, 0) is 32.5 Å². The van der Waals surface area contributed by atoms with Crippen LogP contribution in [0.2, 0.25) is 0 Å². The Labute approximate surface area is 100 Å². The highest BCUT2D eigenvalue weighted by Gasteiger charge is 2.17. The van der Waals surface area contributed by atoms with E-state index >= 15 is 0 Å². The van der Waals surface area contributed by atoms with Crippen LogP contribution in [0.4, 0.5) is 5.82 Å². The number of likely N-dealkylation sites (N-methyl/N-ethyl adjacent to an activating group) is 1. The summed E-state index contributed by atoms with van der Waals surface area (Å²) in [5.74, 6) is 0.943. The number of nitrogens with one attached hydrogen (secondary N) is 1. The van der Waals surface area contributed by atoms with Crippen molar-refractivity contribution < 1.29 is 0 Å². The monoisotopic (exact) mass is 231 g/mol. The molecule has 1 N–H and O–H groups in total. The predicted octanol–water partition coefficient (Wildman–Crippen LogP) is 1.24. The summed E-state index contributed by atoms with van der Waals surface area (Å²) >= 11 is 0. The van der Waals surface area contributed by atoms with Gasteiger partial charge < -0.3 is 10.2 Å². The van der Waals surface area contributed by atoms with Gasteiger partial charge in [-0.1, -0.05) is 0 Å². The van der Waals surface area contributed by atoms with E-state index in [4.69, 9.17) is 0 Å². The Morgan fingerprint density at radius 1 is 1.41 bits per heavy atom. The molecule has 1 aliphatic heterocycles. The van der Waals surface area contributed by atoms with E-state index in [1.165, 1.54) is 19.4 Å². The molecule has 0 radical (unpaired) electrons. The van der Waals surface area contributed by atoms with Gasteiger partial charge in [0.1, 0.15) is 5.82 Å². The Bertz CT molecular complexity index is 506. The lowest BCUT2D eigenvalue weighted by atomic mass is 10.1. The number of aromatic nitrogens is 3. The predicted molar refractivity (Wildman–Crippen MR) is 67.1 cm³/mol. The number of fused-ring (bicyclic) bond motifs is 1. The number of hydrogen-bond donors (Lipinski definition) is 1. The first-order valence-corrected chi connectivity index (χ1v) is 6.07. The van der Waals surface area contributed by atoms with Gasteiger partial charge in [-0.25, -0.2) is 9.50 Å². The number of piperidine rings is 1. The van der Waals surface area contributed by atoms with Gasteiger partial charge in [-0.15, -0.1) is 0 Å². The number of rotatable bonds is 2. The molecule has 0 aromatic carbocycles.